The van der Waals surface area contributed by atoms with Gasteiger partial charge in [-0.1, -0.05) is 0 Å². The van der Waals surface area contributed by atoms with E-state index >= 15 is 0 Å². The van der Waals surface area contributed by atoms with Crippen LogP contribution in [0.4, 0.5) is 19.0 Å². The molecule has 1 aromatic rings. The first-order chi connectivity index (χ1) is 8.29. The Labute approximate surface area is 101 Å². The molecule has 0 unspecified atom stereocenters. The van der Waals surface area contributed by atoms with Crippen molar-refractivity contribution in [2.45, 2.75) is 11.8 Å². The Bertz CT molecular complexity index is 506. The molecule has 5 nitrogen and oxygen atoms in total. The summed E-state index contributed by atoms with van der Waals surface area (Å²) in [4.78, 5) is 16.6. The summed E-state index contributed by atoms with van der Waals surface area (Å²) in [6.45, 7) is -0.708. The zero-order valence-electron chi connectivity index (χ0n) is 9.86. The lowest BCUT2D eigenvalue weighted by molar-refractivity contribution is -0.277. The summed E-state index contributed by atoms with van der Waals surface area (Å²) < 4.78 is 44.1. The van der Waals surface area contributed by atoms with Crippen LogP contribution in [0.3, 0.4) is 0 Å². The van der Waals surface area contributed by atoms with Gasteiger partial charge in [0.25, 0.3) is 5.56 Å². The second-order valence-electron chi connectivity index (χ2n) is 4.25. The van der Waals surface area contributed by atoms with Gasteiger partial charge in [-0.25, -0.2) is 4.98 Å². The average molecular weight is 263 g/mol. The van der Waals surface area contributed by atoms with Gasteiger partial charge in [0.2, 0.25) is 0 Å². The third-order valence-corrected chi connectivity index (χ3v) is 3.09. The number of halogens is 3. The number of nitrogens with zero attached hydrogens (tertiary/aromatic N) is 3. The molecule has 1 aliphatic rings. The molecular formula is C10H12F3N3O2. The van der Waals surface area contributed by atoms with Crippen LogP contribution in [0.2, 0.25) is 0 Å². The minimum Gasteiger partial charge on any atom is -0.365 e. The van der Waals surface area contributed by atoms with Gasteiger partial charge in [0.05, 0.1) is 19.4 Å². The molecule has 0 aliphatic carbocycles. The standard InChI is InChI=1S/C10H12F3N3O2/c1-15-6-14-7(3-8(15)17)16-4-9(5-16,18-2)10(11,12)13/h3,6H,4-5H2,1-2H3. The molecule has 2 rings (SSSR count). The first kappa shape index (κ1) is 12.9. The molecule has 0 aromatic carbocycles. The summed E-state index contributed by atoms with van der Waals surface area (Å²) in [5.74, 6) is 0.232. The first-order valence-corrected chi connectivity index (χ1v) is 5.18. The first-order valence-electron chi connectivity index (χ1n) is 5.18. The molecule has 1 aromatic heterocycles. The molecule has 0 radical (unpaired) electrons. The number of aryl methyl sites for hydroxylation is 1. The van der Waals surface area contributed by atoms with Crippen LogP contribution in [-0.2, 0) is 11.8 Å². The lowest BCUT2D eigenvalue weighted by atomic mass is 9.93. The zero-order chi connectivity index (χ0) is 13.6. The maximum atomic E-state index is 12.8. The Kier molecular flexibility index (Phi) is 2.84. The molecule has 0 bridgehead atoms. The van der Waals surface area contributed by atoms with Crippen LogP contribution in [0.1, 0.15) is 0 Å². The SMILES string of the molecule is COC1(C(F)(F)F)CN(c2cc(=O)n(C)cn2)C1. The van der Waals surface area contributed by atoms with Gasteiger partial charge in [-0.2, -0.15) is 13.2 Å². The fraction of sp³-hybridized carbons (Fsp3) is 0.600. The number of ether oxygens (including phenoxy) is 1. The van der Waals surface area contributed by atoms with Gasteiger partial charge in [0.15, 0.2) is 5.60 Å². The molecule has 0 saturated carbocycles. The van der Waals surface area contributed by atoms with Crippen LogP contribution in [-0.4, -0.2) is 41.5 Å². The molecule has 1 saturated heterocycles. The van der Waals surface area contributed by atoms with Crippen molar-refractivity contribution in [3.8, 4) is 0 Å². The smallest absolute Gasteiger partial charge is 0.365 e. The highest BCUT2D eigenvalue weighted by molar-refractivity contribution is 5.43. The largest absolute Gasteiger partial charge is 0.420 e. The second-order valence-corrected chi connectivity index (χ2v) is 4.25. The van der Waals surface area contributed by atoms with Gasteiger partial charge in [0.1, 0.15) is 5.82 Å². The Morgan fingerprint density at radius 3 is 2.50 bits per heavy atom. The van der Waals surface area contributed by atoms with E-state index in [-0.39, 0.29) is 24.5 Å². The third-order valence-electron chi connectivity index (χ3n) is 3.09. The summed E-state index contributed by atoms with van der Waals surface area (Å²) in [7, 11) is 2.55. The van der Waals surface area contributed by atoms with Gasteiger partial charge in [0, 0.05) is 20.2 Å². The summed E-state index contributed by atoms with van der Waals surface area (Å²) >= 11 is 0. The molecule has 0 amide bonds. The Hall–Kier alpha value is -1.57. The van der Waals surface area contributed by atoms with Crippen LogP contribution in [0.15, 0.2) is 17.2 Å². The Balaban J connectivity index is 2.17. The molecule has 0 atom stereocenters. The monoisotopic (exact) mass is 263 g/mol. The predicted molar refractivity (Wildman–Crippen MR) is 57.5 cm³/mol. The lowest BCUT2D eigenvalue weighted by Crippen LogP contribution is -2.70. The average Bonchev–Trinajstić information content (AvgIpc) is 2.20. The molecule has 1 fully saturated rings. The Morgan fingerprint density at radius 1 is 1.44 bits per heavy atom. The van der Waals surface area contributed by atoms with Gasteiger partial charge in [-0.05, 0) is 0 Å². The van der Waals surface area contributed by atoms with Crippen molar-refractivity contribution >= 4 is 5.82 Å². The molecule has 18 heavy (non-hydrogen) atoms. The van der Waals surface area contributed by atoms with E-state index in [1.54, 1.807) is 0 Å². The van der Waals surface area contributed by atoms with Gasteiger partial charge >= 0.3 is 6.18 Å². The number of alkyl halides is 3. The summed E-state index contributed by atoms with van der Waals surface area (Å²) in [6, 6.07) is 1.20. The second kappa shape index (κ2) is 3.98. The maximum Gasteiger partial charge on any atom is 0.420 e. The van der Waals surface area contributed by atoms with E-state index in [2.05, 4.69) is 9.72 Å². The molecule has 8 heteroatoms. The van der Waals surface area contributed by atoms with E-state index in [9.17, 15) is 18.0 Å². The highest BCUT2D eigenvalue weighted by atomic mass is 19.4. The van der Waals surface area contributed by atoms with Crippen molar-refractivity contribution < 1.29 is 17.9 Å². The van der Waals surface area contributed by atoms with Gasteiger partial charge in [-0.15, -0.1) is 0 Å². The van der Waals surface area contributed by atoms with Crippen molar-refractivity contribution in [2.75, 3.05) is 25.1 Å². The zero-order valence-corrected chi connectivity index (χ0v) is 9.86. The highest BCUT2D eigenvalue weighted by Gasteiger charge is 2.63. The number of anilines is 1. The number of hydrogen-bond donors (Lipinski definition) is 0. The van der Waals surface area contributed by atoms with Crippen molar-refractivity contribution in [1.82, 2.24) is 9.55 Å². The molecule has 1 aliphatic heterocycles. The van der Waals surface area contributed by atoms with E-state index in [1.807, 2.05) is 0 Å². The maximum absolute atomic E-state index is 12.8. The van der Waals surface area contributed by atoms with Crippen LogP contribution in [0.25, 0.3) is 0 Å². The molecule has 0 spiro atoms. The van der Waals surface area contributed by atoms with Gasteiger partial charge < -0.3 is 14.2 Å². The topological polar surface area (TPSA) is 47.4 Å². The van der Waals surface area contributed by atoms with Crippen LogP contribution in [0, 0.1) is 0 Å². The molecule has 0 N–H and O–H groups in total. The van der Waals surface area contributed by atoms with Crippen molar-refractivity contribution in [1.29, 1.82) is 0 Å². The number of aromatic nitrogens is 2. The quantitative estimate of drug-likeness (QED) is 0.781. The molecular weight excluding hydrogens is 251 g/mol. The summed E-state index contributed by atoms with van der Waals surface area (Å²) in [5, 5.41) is 0. The molecule has 2 heterocycles. The number of hydrogen-bond acceptors (Lipinski definition) is 4. The van der Waals surface area contributed by atoms with E-state index in [0.717, 1.165) is 7.11 Å². The van der Waals surface area contributed by atoms with Crippen LogP contribution in [0.5, 0.6) is 0 Å². The van der Waals surface area contributed by atoms with Crippen LogP contribution < -0.4 is 10.5 Å². The summed E-state index contributed by atoms with van der Waals surface area (Å²) in [6.07, 6.45) is -3.16. The van der Waals surface area contributed by atoms with E-state index in [4.69, 9.17) is 0 Å². The Morgan fingerprint density at radius 2 is 2.06 bits per heavy atom. The fourth-order valence-corrected chi connectivity index (χ4v) is 1.78. The lowest BCUT2D eigenvalue weighted by Gasteiger charge is -2.49. The highest BCUT2D eigenvalue weighted by Crippen LogP contribution is 2.41. The van der Waals surface area contributed by atoms with Crippen LogP contribution >= 0.6 is 0 Å². The van der Waals surface area contributed by atoms with Crippen molar-refractivity contribution in [3.63, 3.8) is 0 Å². The number of rotatable bonds is 2. The fourth-order valence-electron chi connectivity index (χ4n) is 1.78. The van der Waals surface area contributed by atoms with E-state index in [1.165, 1.54) is 28.9 Å². The van der Waals surface area contributed by atoms with Gasteiger partial charge in [-0.3, -0.25) is 4.79 Å². The van der Waals surface area contributed by atoms with Crippen molar-refractivity contribution in [2.24, 2.45) is 7.05 Å². The van der Waals surface area contributed by atoms with E-state index < -0.39 is 11.8 Å². The minimum absolute atomic E-state index is 0.232. The minimum atomic E-state index is -4.43. The normalized spacial score (nSPS) is 18.6. The predicted octanol–water partition coefficient (Wildman–Crippen LogP) is 0.548. The molecule has 100 valence electrons. The van der Waals surface area contributed by atoms with Crippen molar-refractivity contribution in [3.05, 3.63) is 22.7 Å². The van der Waals surface area contributed by atoms with E-state index in [0.29, 0.717) is 0 Å². The number of methoxy groups -OCH3 is 1. The summed E-state index contributed by atoms with van der Waals surface area (Å²) in [5.41, 5.74) is -2.47. The third kappa shape index (κ3) is 1.86.